The number of hydrogen-bond donors (Lipinski definition) is 1. The minimum absolute atomic E-state index is 0.129. The van der Waals surface area contributed by atoms with Gasteiger partial charge in [-0.2, -0.15) is 5.06 Å². The van der Waals surface area contributed by atoms with Gasteiger partial charge < -0.3 is 0 Å². The van der Waals surface area contributed by atoms with Gasteiger partial charge in [-0.25, -0.2) is 13.1 Å². The highest BCUT2D eigenvalue weighted by molar-refractivity contribution is 7.90. The first-order chi connectivity index (χ1) is 12.0. The van der Waals surface area contributed by atoms with E-state index in [4.69, 9.17) is 16.4 Å². The summed E-state index contributed by atoms with van der Waals surface area (Å²) >= 11 is 5.93. The Hall–Kier alpha value is -1.44. The van der Waals surface area contributed by atoms with Crippen molar-refractivity contribution >= 4 is 21.6 Å². The van der Waals surface area contributed by atoms with E-state index in [1.165, 1.54) is 0 Å². The molecule has 1 aliphatic heterocycles. The van der Waals surface area contributed by atoms with Gasteiger partial charge in [0.2, 0.25) is 10.0 Å². The maximum atomic E-state index is 12.8. The first-order valence-electron chi connectivity index (χ1n) is 8.11. The van der Waals surface area contributed by atoms with Gasteiger partial charge in [-0.05, 0) is 29.7 Å². The van der Waals surface area contributed by atoms with Crippen LogP contribution in [0.5, 0.6) is 0 Å². The lowest BCUT2D eigenvalue weighted by atomic mass is 10.0. The predicted molar refractivity (Wildman–Crippen MR) is 98.8 cm³/mol. The highest BCUT2D eigenvalue weighted by Gasteiger charge is 2.42. The molecule has 0 saturated carbocycles. The molecule has 0 bridgehead atoms. The third kappa shape index (κ3) is 4.40. The van der Waals surface area contributed by atoms with Crippen LogP contribution in [0.2, 0.25) is 5.02 Å². The fourth-order valence-corrected chi connectivity index (χ4v) is 4.66. The van der Waals surface area contributed by atoms with E-state index < -0.39 is 15.3 Å². The van der Waals surface area contributed by atoms with Crippen molar-refractivity contribution in [1.82, 2.24) is 9.79 Å². The standard InChI is InChI=1S/C18H21ClN2O3S/c1-21-18(15-7-9-16(19)10-8-15)17(13-24-21)25(22,23)20-12-11-14-5-3-2-4-6-14/h2-10,17-18,20H,11-13H2,1H3. The Labute approximate surface area is 153 Å². The lowest BCUT2D eigenvalue weighted by Crippen LogP contribution is -2.40. The third-order valence-electron chi connectivity index (χ3n) is 4.36. The second kappa shape index (κ2) is 7.85. The van der Waals surface area contributed by atoms with Crippen molar-refractivity contribution in [2.24, 2.45) is 0 Å². The Balaban J connectivity index is 1.70. The lowest BCUT2D eigenvalue weighted by molar-refractivity contribution is -0.110. The third-order valence-corrected chi connectivity index (χ3v) is 6.41. The maximum absolute atomic E-state index is 12.8. The summed E-state index contributed by atoms with van der Waals surface area (Å²) in [6, 6.07) is 16.6. The molecule has 2 atom stereocenters. The molecule has 5 nitrogen and oxygen atoms in total. The molecule has 0 spiro atoms. The SMILES string of the molecule is CN1OCC(S(=O)(=O)NCCc2ccccc2)C1c1ccc(Cl)cc1. The molecule has 0 amide bonds. The summed E-state index contributed by atoms with van der Waals surface area (Å²) in [6.45, 7) is 0.490. The highest BCUT2D eigenvalue weighted by Crippen LogP contribution is 2.33. The molecule has 2 unspecified atom stereocenters. The maximum Gasteiger partial charge on any atom is 0.218 e. The van der Waals surface area contributed by atoms with Crippen molar-refractivity contribution in [3.63, 3.8) is 0 Å². The van der Waals surface area contributed by atoms with E-state index in [2.05, 4.69) is 4.72 Å². The van der Waals surface area contributed by atoms with Gasteiger partial charge in [0.05, 0.1) is 12.6 Å². The highest BCUT2D eigenvalue weighted by atomic mass is 35.5. The number of rotatable bonds is 6. The number of nitrogens with zero attached hydrogens (tertiary/aromatic N) is 1. The summed E-state index contributed by atoms with van der Waals surface area (Å²) < 4.78 is 28.3. The van der Waals surface area contributed by atoms with Gasteiger partial charge in [0.25, 0.3) is 0 Å². The van der Waals surface area contributed by atoms with Gasteiger partial charge in [0.1, 0.15) is 5.25 Å². The molecule has 0 aromatic heterocycles. The van der Waals surface area contributed by atoms with Crippen LogP contribution in [0, 0.1) is 0 Å². The monoisotopic (exact) mass is 380 g/mol. The normalized spacial score (nSPS) is 21.5. The first-order valence-corrected chi connectivity index (χ1v) is 10.0. The quantitative estimate of drug-likeness (QED) is 0.837. The van der Waals surface area contributed by atoms with Crippen LogP contribution < -0.4 is 4.72 Å². The summed E-state index contributed by atoms with van der Waals surface area (Å²) in [4.78, 5) is 5.49. The van der Waals surface area contributed by atoms with Crippen molar-refractivity contribution in [1.29, 1.82) is 0 Å². The topological polar surface area (TPSA) is 58.6 Å². The molecule has 25 heavy (non-hydrogen) atoms. The number of hydrogen-bond acceptors (Lipinski definition) is 4. The minimum atomic E-state index is -3.52. The average Bonchev–Trinajstić information content (AvgIpc) is 2.99. The lowest BCUT2D eigenvalue weighted by Gasteiger charge is -2.23. The van der Waals surface area contributed by atoms with E-state index in [9.17, 15) is 8.42 Å². The molecule has 2 aromatic carbocycles. The molecule has 7 heteroatoms. The molecule has 1 saturated heterocycles. The van der Waals surface area contributed by atoms with E-state index >= 15 is 0 Å². The zero-order chi connectivity index (χ0) is 17.9. The van der Waals surface area contributed by atoms with Crippen molar-refractivity contribution in [2.45, 2.75) is 17.7 Å². The predicted octanol–water partition coefficient (Wildman–Crippen LogP) is 2.79. The van der Waals surface area contributed by atoms with Gasteiger partial charge in [-0.15, -0.1) is 0 Å². The van der Waals surface area contributed by atoms with Gasteiger partial charge >= 0.3 is 0 Å². The Morgan fingerprint density at radius 1 is 1.16 bits per heavy atom. The van der Waals surface area contributed by atoms with E-state index in [1.807, 2.05) is 42.5 Å². The van der Waals surface area contributed by atoms with E-state index in [1.54, 1.807) is 24.2 Å². The number of halogens is 1. The molecule has 134 valence electrons. The molecule has 2 aromatic rings. The Bertz CT molecular complexity index is 797. The summed E-state index contributed by atoms with van der Waals surface area (Å²) in [5, 5.41) is 1.55. The van der Waals surface area contributed by atoms with Crippen LogP contribution in [0.15, 0.2) is 54.6 Å². The second-order valence-electron chi connectivity index (χ2n) is 6.05. The molecule has 1 fully saturated rings. The second-order valence-corrected chi connectivity index (χ2v) is 8.47. The van der Waals surface area contributed by atoms with Crippen LogP contribution >= 0.6 is 11.6 Å². The molecule has 0 aliphatic carbocycles. The number of nitrogens with one attached hydrogen (secondary N) is 1. The molecule has 3 rings (SSSR count). The molecule has 1 aliphatic rings. The molecule has 0 radical (unpaired) electrons. The van der Waals surface area contributed by atoms with Gasteiger partial charge in [-0.1, -0.05) is 54.1 Å². The summed E-state index contributed by atoms with van der Waals surface area (Å²) in [7, 11) is -1.77. The minimum Gasteiger partial charge on any atom is -0.297 e. The molecular formula is C18H21ClN2O3S. The molecular weight excluding hydrogens is 360 g/mol. The van der Waals surface area contributed by atoms with Crippen LogP contribution in [0.1, 0.15) is 17.2 Å². The van der Waals surface area contributed by atoms with E-state index in [-0.39, 0.29) is 12.6 Å². The number of sulfonamides is 1. The summed E-state index contributed by atoms with van der Waals surface area (Å²) in [5.74, 6) is 0. The molecule has 1 N–H and O–H groups in total. The number of hydroxylamine groups is 2. The average molecular weight is 381 g/mol. The largest absolute Gasteiger partial charge is 0.297 e. The van der Waals surface area contributed by atoms with E-state index in [0.29, 0.717) is 18.0 Å². The fraction of sp³-hybridized carbons (Fsp3) is 0.333. The van der Waals surface area contributed by atoms with Crippen LogP contribution in [0.4, 0.5) is 0 Å². The summed E-state index contributed by atoms with van der Waals surface area (Å²) in [6.07, 6.45) is 0.648. The van der Waals surface area contributed by atoms with Gasteiger partial charge in [0.15, 0.2) is 0 Å². The van der Waals surface area contributed by atoms with E-state index in [0.717, 1.165) is 11.1 Å². The smallest absolute Gasteiger partial charge is 0.218 e. The van der Waals surface area contributed by atoms with Gasteiger partial charge in [-0.3, -0.25) is 4.84 Å². The zero-order valence-electron chi connectivity index (χ0n) is 13.9. The number of benzene rings is 2. The first kappa shape index (κ1) is 18.4. The van der Waals surface area contributed by atoms with Crippen molar-refractivity contribution in [3.05, 3.63) is 70.7 Å². The fourth-order valence-electron chi connectivity index (χ4n) is 3.03. The van der Waals surface area contributed by atoms with Crippen molar-refractivity contribution < 1.29 is 13.3 Å². The van der Waals surface area contributed by atoms with Crippen LogP contribution in [0.3, 0.4) is 0 Å². The van der Waals surface area contributed by atoms with Crippen LogP contribution in [0.25, 0.3) is 0 Å². The Kier molecular flexibility index (Phi) is 5.76. The van der Waals surface area contributed by atoms with Crippen LogP contribution in [-0.4, -0.2) is 38.9 Å². The Morgan fingerprint density at radius 2 is 1.84 bits per heavy atom. The van der Waals surface area contributed by atoms with Crippen molar-refractivity contribution in [3.8, 4) is 0 Å². The molecule has 1 heterocycles. The zero-order valence-corrected chi connectivity index (χ0v) is 15.5. The van der Waals surface area contributed by atoms with Gasteiger partial charge in [0, 0.05) is 18.6 Å². The summed E-state index contributed by atoms with van der Waals surface area (Å²) in [5.41, 5.74) is 1.96. The Morgan fingerprint density at radius 3 is 2.52 bits per heavy atom. The van der Waals surface area contributed by atoms with Crippen LogP contribution in [-0.2, 0) is 21.3 Å². The van der Waals surface area contributed by atoms with Crippen molar-refractivity contribution in [2.75, 3.05) is 20.2 Å².